The summed E-state index contributed by atoms with van der Waals surface area (Å²) < 4.78 is 122. The maximum absolute atomic E-state index is 12.4. The number of benzene rings is 6. The molecular formula is C50H34Cl6F9N3O5. The Bertz CT molecular complexity index is 3370. The van der Waals surface area contributed by atoms with Crippen molar-refractivity contribution in [2.24, 2.45) is 0 Å². The van der Waals surface area contributed by atoms with Gasteiger partial charge in [-0.05, 0) is 102 Å². The predicted octanol–water partition coefficient (Wildman–Crippen LogP) is 17.9. The number of aromatic amines is 2. The highest BCUT2D eigenvalue weighted by Crippen LogP contribution is 2.36. The maximum Gasteiger partial charge on any atom is 0.573 e. The van der Waals surface area contributed by atoms with Crippen LogP contribution in [0.2, 0.25) is 30.5 Å². The molecule has 3 aromatic heterocycles. The van der Waals surface area contributed by atoms with Gasteiger partial charge < -0.3 is 33.9 Å². The molecule has 0 saturated carbocycles. The van der Waals surface area contributed by atoms with Gasteiger partial charge in [-0.2, -0.15) is 0 Å². The van der Waals surface area contributed by atoms with Crippen molar-refractivity contribution in [3.63, 3.8) is 0 Å². The SMILES string of the molecule is Cc1cccc(OC(F)(F)F)c1.Clc1ccc2cc(Cl)[nH]c2c1.FC(F)(F)Oc1cccc(Cc2c(Cl)[nH]c3cc(Cl)ccc23)c1.O=C(O)Cn1c(Cl)c(Cc2cccc(OC(F)(F)F)c2)c2ccc(Cl)cc21. The number of carboxylic acid groups (broad SMARTS) is 1. The van der Waals surface area contributed by atoms with Crippen molar-refractivity contribution in [1.29, 1.82) is 0 Å². The second-order valence-electron chi connectivity index (χ2n) is 15.5. The third kappa shape index (κ3) is 17.0. The van der Waals surface area contributed by atoms with Gasteiger partial charge in [0.1, 0.15) is 39.3 Å². The van der Waals surface area contributed by atoms with E-state index < -0.39 is 25.1 Å². The van der Waals surface area contributed by atoms with Crippen LogP contribution in [0.4, 0.5) is 39.5 Å². The summed E-state index contributed by atoms with van der Waals surface area (Å²) in [5.74, 6) is -1.86. The molecule has 3 heterocycles. The highest BCUT2D eigenvalue weighted by atomic mass is 35.5. The second-order valence-corrected chi connectivity index (χ2v) is 17.9. The topological polar surface area (TPSA) is 102 Å². The number of rotatable bonds is 9. The Morgan fingerprint density at radius 3 is 1.56 bits per heavy atom. The fourth-order valence-corrected chi connectivity index (χ4v) is 8.50. The number of aromatic nitrogens is 3. The largest absolute Gasteiger partial charge is 0.573 e. The number of hydrogen-bond donors (Lipinski definition) is 3. The van der Waals surface area contributed by atoms with E-state index in [2.05, 4.69) is 24.2 Å². The number of H-pyrrole nitrogens is 2. The number of nitrogens with zero attached hydrogens (tertiary/aromatic N) is 1. The van der Waals surface area contributed by atoms with E-state index in [0.717, 1.165) is 38.0 Å². The summed E-state index contributed by atoms with van der Waals surface area (Å²) in [5, 5.41) is 14.7. The minimum Gasteiger partial charge on any atom is -0.480 e. The van der Waals surface area contributed by atoms with E-state index in [9.17, 15) is 44.3 Å². The van der Waals surface area contributed by atoms with Gasteiger partial charge in [0.25, 0.3) is 0 Å². The van der Waals surface area contributed by atoms with Crippen molar-refractivity contribution in [3.8, 4) is 17.2 Å². The molecule has 0 amide bonds. The van der Waals surface area contributed by atoms with Gasteiger partial charge in [0.15, 0.2) is 0 Å². The summed E-state index contributed by atoms with van der Waals surface area (Å²) >= 11 is 36.0. The average molecular weight is 1140 g/mol. The molecule has 0 fully saturated rings. The predicted molar refractivity (Wildman–Crippen MR) is 266 cm³/mol. The first-order valence-corrected chi connectivity index (χ1v) is 23.0. The molecule has 0 aliphatic carbocycles. The lowest BCUT2D eigenvalue weighted by molar-refractivity contribution is -0.275. The minimum atomic E-state index is -4.79. The summed E-state index contributed by atoms with van der Waals surface area (Å²) in [7, 11) is 0. The number of carbonyl (C=O) groups is 1. The van der Waals surface area contributed by atoms with Crippen LogP contribution in [0, 0.1) is 6.92 Å². The van der Waals surface area contributed by atoms with E-state index in [1.54, 1.807) is 55.5 Å². The molecule has 3 N–H and O–H groups in total. The fraction of sp³-hybridized carbons (Fsp3) is 0.140. The zero-order chi connectivity index (χ0) is 53.4. The molecule has 0 atom stereocenters. The fourth-order valence-electron chi connectivity index (χ4n) is 7.18. The zero-order valence-corrected chi connectivity index (χ0v) is 41.6. The van der Waals surface area contributed by atoms with Gasteiger partial charge in [0, 0.05) is 66.2 Å². The molecule has 23 heteroatoms. The van der Waals surface area contributed by atoms with E-state index in [0.29, 0.717) is 54.4 Å². The standard InChI is InChI=1S/C18H12Cl2F3NO3.C16H10Cl2F3NO.C8H5Cl2N.C8H7F3O/c19-11-4-5-13-14(17(20)24(9-16(25)26)15(13)8-11)7-10-2-1-3-12(6-10)27-18(21,22)23;17-10-4-5-12-13(15(18)22-14(12)8-10)7-9-2-1-3-11(6-9)23-16(19,20)21;9-6-2-1-5-3-8(10)11-7(5)4-6;1-6-3-2-4-7(5-6)12-8(9,10)11/h1-6,8H,7,9H2,(H,25,26);1-6,8,22H,7H2;1-4,11H;2-5H,1H3. The third-order valence-corrected chi connectivity index (χ3v) is 11.6. The number of aryl methyl sites for hydroxylation is 1. The van der Waals surface area contributed by atoms with Crippen LogP contribution >= 0.6 is 69.6 Å². The monoisotopic (exact) mass is 1140 g/mol. The van der Waals surface area contributed by atoms with Crippen LogP contribution < -0.4 is 14.2 Å². The van der Waals surface area contributed by atoms with Crippen LogP contribution in [0.15, 0.2) is 133 Å². The Morgan fingerprint density at radius 1 is 0.548 bits per heavy atom. The lowest BCUT2D eigenvalue weighted by Crippen LogP contribution is -2.17. The lowest BCUT2D eigenvalue weighted by Gasteiger charge is -2.10. The third-order valence-electron chi connectivity index (χ3n) is 9.97. The minimum absolute atomic E-state index is 0.178. The van der Waals surface area contributed by atoms with E-state index in [1.807, 2.05) is 30.3 Å². The molecule has 0 unspecified atom stereocenters. The summed E-state index contributed by atoms with van der Waals surface area (Å²) in [6.07, 6.45) is -13.5. The Morgan fingerprint density at radius 2 is 1.03 bits per heavy atom. The van der Waals surface area contributed by atoms with Crippen molar-refractivity contribution in [1.82, 2.24) is 14.5 Å². The number of aliphatic carboxylic acids is 1. The molecule has 9 rings (SSSR count). The molecule has 0 bridgehead atoms. The number of halogens is 15. The highest BCUT2D eigenvalue weighted by Gasteiger charge is 2.33. The van der Waals surface area contributed by atoms with Crippen LogP contribution in [0.1, 0.15) is 27.8 Å². The summed E-state index contributed by atoms with van der Waals surface area (Å²) in [4.78, 5) is 17.2. The molecule has 6 aromatic carbocycles. The van der Waals surface area contributed by atoms with Gasteiger partial charge in [-0.1, -0.05) is 124 Å². The van der Waals surface area contributed by atoms with Crippen molar-refractivity contribution in [2.45, 2.75) is 45.4 Å². The Labute approximate surface area is 438 Å². The first-order chi connectivity index (χ1) is 34.2. The van der Waals surface area contributed by atoms with Crippen LogP contribution in [-0.2, 0) is 24.2 Å². The molecular weight excluding hydrogens is 1110 g/mol. The summed E-state index contributed by atoms with van der Waals surface area (Å²) in [6.45, 7) is 1.33. The summed E-state index contributed by atoms with van der Waals surface area (Å²) in [6, 6.07) is 34.9. The normalized spacial score (nSPS) is 11.6. The summed E-state index contributed by atoms with van der Waals surface area (Å²) in [5.41, 5.74) is 5.59. The Balaban J connectivity index is 0.000000169. The molecule has 0 saturated heterocycles. The quantitative estimate of drug-likeness (QED) is 0.125. The van der Waals surface area contributed by atoms with Crippen LogP contribution in [-0.4, -0.2) is 44.7 Å². The molecule has 9 aromatic rings. The van der Waals surface area contributed by atoms with E-state index >= 15 is 0 Å². The first-order valence-electron chi connectivity index (χ1n) is 20.8. The van der Waals surface area contributed by atoms with Gasteiger partial charge in [-0.25, -0.2) is 0 Å². The van der Waals surface area contributed by atoms with Gasteiger partial charge in [0.2, 0.25) is 0 Å². The molecule has 73 heavy (non-hydrogen) atoms. The lowest BCUT2D eigenvalue weighted by atomic mass is 10.0. The number of hydrogen-bond acceptors (Lipinski definition) is 4. The van der Waals surface area contributed by atoms with Gasteiger partial charge >= 0.3 is 25.1 Å². The molecule has 0 radical (unpaired) electrons. The van der Waals surface area contributed by atoms with Crippen LogP contribution in [0.5, 0.6) is 17.2 Å². The maximum atomic E-state index is 12.4. The molecule has 0 aliphatic heterocycles. The van der Waals surface area contributed by atoms with E-state index in [-0.39, 0.29) is 35.4 Å². The van der Waals surface area contributed by atoms with Gasteiger partial charge in [-0.15, -0.1) is 39.5 Å². The smallest absolute Gasteiger partial charge is 0.480 e. The van der Waals surface area contributed by atoms with Crippen molar-refractivity contribution < 1.29 is 63.6 Å². The van der Waals surface area contributed by atoms with Crippen molar-refractivity contribution >= 4 is 108 Å². The molecule has 0 spiro atoms. The molecule has 8 nitrogen and oxygen atoms in total. The number of fused-ring (bicyclic) bond motifs is 3. The molecule has 384 valence electrons. The Kier molecular flexibility index (Phi) is 18.4. The molecule has 0 aliphatic rings. The first kappa shape index (κ1) is 56.2. The number of nitrogens with one attached hydrogen (secondary N) is 2. The van der Waals surface area contributed by atoms with E-state index in [4.69, 9.17) is 74.7 Å². The zero-order valence-electron chi connectivity index (χ0n) is 37.0. The van der Waals surface area contributed by atoms with Gasteiger partial charge in [-0.3, -0.25) is 4.79 Å². The average Bonchev–Trinajstić information content (AvgIpc) is 3.87. The highest BCUT2D eigenvalue weighted by molar-refractivity contribution is 6.34. The van der Waals surface area contributed by atoms with Crippen molar-refractivity contribution in [3.05, 3.63) is 192 Å². The van der Waals surface area contributed by atoms with Crippen LogP contribution in [0.3, 0.4) is 0 Å². The van der Waals surface area contributed by atoms with E-state index in [1.165, 1.54) is 59.2 Å². The second kappa shape index (κ2) is 23.9. The van der Waals surface area contributed by atoms with Crippen molar-refractivity contribution in [2.75, 3.05) is 0 Å². The van der Waals surface area contributed by atoms with Crippen LogP contribution in [0.25, 0.3) is 32.7 Å². The van der Waals surface area contributed by atoms with Gasteiger partial charge in [0.05, 0.1) is 5.52 Å². The number of ether oxygens (including phenoxy) is 3. The number of alkyl halides is 9. The Hall–Kier alpha value is -6.08. The number of carboxylic acids is 1.